The highest BCUT2D eigenvalue weighted by molar-refractivity contribution is 5.87. The molecule has 1 saturated heterocycles. The Bertz CT molecular complexity index is 552. The van der Waals surface area contributed by atoms with Crippen LogP contribution in [-0.4, -0.2) is 24.8 Å². The van der Waals surface area contributed by atoms with Gasteiger partial charge in [0.2, 0.25) is 0 Å². The second-order valence-electron chi connectivity index (χ2n) is 10.0. The first kappa shape index (κ1) is 17.7. The Hall–Kier alpha value is -0.410. The number of unbranched alkanes of at least 4 members (excludes halogenated alkanes) is 1. The average Bonchev–Trinajstić information content (AvgIpc) is 3.24. The largest absolute Gasteiger partial charge is 0.348 e. The molecule has 6 atom stereocenters. The second kappa shape index (κ2) is 6.58. The highest BCUT2D eigenvalue weighted by Gasteiger charge is 2.59. The molecule has 5 rings (SSSR count). The van der Waals surface area contributed by atoms with Crippen LogP contribution in [-0.2, 0) is 14.3 Å². The topological polar surface area (TPSA) is 35.5 Å². The molecule has 4 aliphatic carbocycles. The molecule has 3 nitrogen and oxygen atoms in total. The molecule has 0 amide bonds. The Morgan fingerprint density at radius 1 is 0.962 bits per heavy atom. The molecule has 0 aromatic heterocycles. The fourth-order valence-electron chi connectivity index (χ4n) is 8.11. The van der Waals surface area contributed by atoms with Crippen molar-refractivity contribution in [2.45, 2.75) is 89.8 Å². The number of hydrogen-bond acceptors (Lipinski definition) is 3. The molecule has 5 aliphatic rings. The van der Waals surface area contributed by atoms with Gasteiger partial charge in [-0.3, -0.25) is 4.79 Å². The normalized spacial score (nSPS) is 46.8. The lowest BCUT2D eigenvalue weighted by Crippen LogP contribution is -2.52. The van der Waals surface area contributed by atoms with Crippen LogP contribution in [0.15, 0.2) is 0 Å². The Morgan fingerprint density at radius 3 is 2.58 bits per heavy atom. The molecule has 1 heterocycles. The van der Waals surface area contributed by atoms with Crippen LogP contribution in [0.5, 0.6) is 0 Å². The van der Waals surface area contributed by atoms with E-state index in [1.807, 2.05) is 0 Å². The van der Waals surface area contributed by atoms with E-state index in [2.05, 4.69) is 6.92 Å². The van der Waals surface area contributed by atoms with Crippen molar-refractivity contribution in [2.24, 2.45) is 35.0 Å². The van der Waals surface area contributed by atoms with Crippen LogP contribution < -0.4 is 0 Å². The SMILES string of the molecule is CCCC[C@]12CCC3C4CCC5(CC4CCC3C1CCC2=O)OCCO5. The third kappa shape index (κ3) is 2.56. The van der Waals surface area contributed by atoms with Gasteiger partial charge in [-0.05, 0) is 74.5 Å². The number of ether oxygens (including phenoxy) is 2. The maximum Gasteiger partial charge on any atom is 0.168 e. The quantitative estimate of drug-likeness (QED) is 0.700. The van der Waals surface area contributed by atoms with E-state index < -0.39 is 0 Å². The zero-order valence-electron chi connectivity index (χ0n) is 16.5. The molecule has 4 saturated carbocycles. The minimum absolute atomic E-state index is 0.0809. The first-order chi connectivity index (χ1) is 12.7. The van der Waals surface area contributed by atoms with Crippen molar-refractivity contribution in [1.82, 2.24) is 0 Å². The van der Waals surface area contributed by atoms with Crippen molar-refractivity contribution >= 4 is 5.78 Å². The average molecular weight is 361 g/mol. The van der Waals surface area contributed by atoms with E-state index in [0.717, 1.165) is 56.1 Å². The molecule has 0 aromatic carbocycles. The summed E-state index contributed by atoms with van der Waals surface area (Å²) in [5, 5.41) is 0. The standard InChI is InChI=1S/C23H36O3/c1-2-3-10-22-11-8-18-17-9-12-23(25-13-14-26-23)15-16(17)4-5-19(18)20(22)6-7-21(22)24/h16-20H,2-15H2,1H3/t16?,17?,18?,19?,20?,22-/m0/s1. The van der Waals surface area contributed by atoms with Crippen molar-refractivity contribution in [3.63, 3.8) is 0 Å². The highest BCUT2D eigenvalue weighted by Crippen LogP contribution is 2.63. The van der Waals surface area contributed by atoms with E-state index >= 15 is 0 Å². The van der Waals surface area contributed by atoms with Crippen molar-refractivity contribution < 1.29 is 14.3 Å². The number of hydrogen-bond donors (Lipinski definition) is 0. The van der Waals surface area contributed by atoms with Crippen molar-refractivity contribution in [3.8, 4) is 0 Å². The zero-order chi connectivity index (χ0) is 17.8. The summed E-state index contributed by atoms with van der Waals surface area (Å²) in [7, 11) is 0. The first-order valence-corrected chi connectivity index (χ1v) is 11.5. The summed E-state index contributed by atoms with van der Waals surface area (Å²) in [5.74, 6) is 4.47. The van der Waals surface area contributed by atoms with Gasteiger partial charge in [-0.2, -0.15) is 0 Å². The highest BCUT2D eigenvalue weighted by atomic mass is 16.7. The van der Waals surface area contributed by atoms with E-state index in [1.165, 1.54) is 57.8 Å². The fraction of sp³-hybridized carbons (Fsp3) is 0.957. The molecular formula is C23H36O3. The Morgan fingerprint density at radius 2 is 1.77 bits per heavy atom. The predicted molar refractivity (Wildman–Crippen MR) is 101 cm³/mol. The van der Waals surface area contributed by atoms with Crippen LogP contribution in [0.4, 0.5) is 0 Å². The number of carbonyl (C=O) groups excluding carboxylic acids is 1. The molecule has 5 fully saturated rings. The summed E-state index contributed by atoms with van der Waals surface area (Å²) in [6, 6.07) is 0. The van der Waals surface area contributed by atoms with Crippen LogP contribution in [0.3, 0.4) is 0 Å². The van der Waals surface area contributed by atoms with E-state index in [0.29, 0.717) is 11.7 Å². The molecular weight excluding hydrogens is 324 g/mol. The third-order valence-electron chi connectivity index (χ3n) is 9.19. The number of carbonyl (C=O) groups is 1. The summed E-state index contributed by atoms with van der Waals surface area (Å²) in [6.45, 7) is 3.84. The lowest BCUT2D eigenvalue weighted by Gasteiger charge is -2.56. The van der Waals surface area contributed by atoms with E-state index in [-0.39, 0.29) is 11.2 Å². The van der Waals surface area contributed by atoms with Crippen LogP contribution in [0, 0.1) is 35.0 Å². The monoisotopic (exact) mass is 360 g/mol. The predicted octanol–water partition coefficient (Wildman–Crippen LogP) is 5.12. The molecule has 3 heteroatoms. The Balaban J connectivity index is 1.34. The summed E-state index contributed by atoms with van der Waals surface area (Å²) in [6.07, 6.45) is 14.4. The van der Waals surface area contributed by atoms with E-state index in [9.17, 15) is 4.79 Å². The number of Topliss-reactive ketones (excluding diaryl/α,β-unsaturated/α-hetero) is 1. The molecule has 0 aromatic rings. The fourth-order valence-corrected chi connectivity index (χ4v) is 8.11. The van der Waals surface area contributed by atoms with Crippen LogP contribution in [0.25, 0.3) is 0 Å². The lowest BCUT2D eigenvalue weighted by atomic mass is 9.49. The molecule has 0 N–H and O–H groups in total. The van der Waals surface area contributed by atoms with Crippen LogP contribution in [0.1, 0.15) is 84.0 Å². The summed E-state index contributed by atoms with van der Waals surface area (Å²) in [5.41, 5.74) is 0.0809. The van der Waals surface area contributed by atoms with Gasteiger partial charge in [-0.15, -0.1) is 0 Å². The van der Waals surface area contributed by atoms with Gasteiger partial charge in [0.1, 0.15) is 5.78 Å². The van der Waals surface area contributed by atoms with Crippen molar-refractivity contribution in [1.29, 1.82) is 0 Å². The van der Waals surface area contributed by atoms with Crippen molar-refractivity contribution in [3.05, 3.63) is 0 Å². The lowest BCUT2D eigenvalue weighted by molar-refractivity contribution is -0.209. The van der Waals surface area contributed by atoms with Gasteiger partial charge in [0.25, 0.3) is 0 Å². The molecule has 0 bridgehead atoms. The molecule has 26 heavy (non-hydrogen) atoms. The minimum Gasteiger partial charge on any atom is -0.348 e. The van der Waals surface area contributed by atoms with E-state index in [4.69, 9.17) is 9.47 Å². The number of rotatable bonds is 3. The Kier molecular flexibility index (Phi) is 4.48. The molecule has 146 valence electrons. The third-order valence-corrected chi connectivity index (χ3v) is 9.19. The number of ketones is 1. The van der Waals surface area contributed by atoms with Gasteiger partial charge in [0.15, 0.2) is 5.79 Å². The maximum absolute atomic E-state index is 12.9. The van der Waals surface area contributed by atoms with Gasteiger partial charge in [0.05, 0.1) is 13.2 Å². The molecule has 5 unspecified atom stereocenters. The van der Waals surface area contributed by atoms with Gasteiger partial charge >= 0.3 is 0 Å². The summed E-state index contributed by atoms with van der Waals surface area (Å²) >= 11 is 0. The van der Waals surface area contributed by atoms with Gasteiger partial charge in [0, 0.05) is 24.7 Å². The van der Waals surface area contributed by atoms with Gasteiger partial charge < -0.3 is 9.47 Å². The molecule has 0 radical (unpaired) electrons. The number of fused-ring (bicyclic) bond motifs is 5. The minimum atomic E-state index is -0.225. The van der Waals surface area contributed by atoms with E-state index in [1.54, 1.807) is 0 Å². The van der Waals surface area contributed by atoms with Crippen LogP contribution >= 0.6 is 0 Å². The van der Waals surface area contributed by atoms with Gasteiger partial charge in [-0.25, -0.2) is 0 Å². The first-order valence-electron chi connectivity index (χ1n) is 11.5. The smallest absolute Gasteiger partial charge is 0.168 e. The molecule has 1 spiro atoms. The van der Waals surface area contributed by atoms with Crippen molar-refractivity contribution in [2.75, 3.05) is 13.2 Å². The molecule has 1 aliphatic heterocycles. The van der Waals surface area contributed by atoms with Crippen LogP contribution in [0.2, 0.25) is 0 Å². The Labute approximate surface area is 158 Å². The van der Waals surface area contributed by atoms with Gasteiger partial charge in [-0.1, -0.05) is 19.8 Å². The summed E-state index contributed by atoms with van der Waals surface area (Å²) < 4.78 is 12.1. The zero-order valence-corrected chi connectivity index (χ0v) is 16.5. The second-order valence-corrected chi connectivity index (χ2v) is 10.0. The summed E-state index contributed by atoms with van der Waals surface area (Å²) in [4.78, 5) is 12.9. The maximum atomic E-state index is 12.9.